The van der Waals surface area contributed by atoms with Crippen LogP contribution >= 0.6 is 11.9 Å². The number of aliphatic imine (C=N–C) groups is 1. The molecule has 0 aromatic carbocycles. The molecule has 0 aliphatic carbocycles. The second-order valence-corrected chi connectivity index (χ2v) is 2.73. The summed E-state index contributed by atoms with van der Waals surface area (Å²) in [4.78, 5) is 15.8. The van der Waals surface area contributed by atoms with Crippen molar-refractivity contribution < 1.29 is 0 Å². The Morgan fingerprint density at radius 2 is 2.08 bits per heavy atom. The Bertz CT molecular complexity index is 320. The fourth-order valence-corrected chi connectivity index (χ4v) is 1.20. The molecule has 2 rings (SSSR count). The normalized spacial score (nSPS) is 15.8. The second kappa shape index (κ2) is 3.40. The molecule has 2 heterocycles. The molecule has 1 aromatic heterocycles. The van der Waals surface area contributed by atoms with Crippen LogP contribution in [0.25, 0.3) is 0 Å². The molecule has 1 aromatic rings. The van der Waals surface area contributed by atoms with E-state index in [0.29, 0.717) is 11.7 Å². The summed E-state index contributed by atoms with van der Waals surface area (Å²) < 4.78 is 4.00. The lowest BCUT2D eigenvalue weighted by atomic mass is 10.4. The van der Waals surface area contributed by atoms with Gasteiger partial charge < -0.3 is 0 Å². The van der Waals surface area contributed by atoms with Gasteiger partial charge in [-0.2, -0.15) is 0 Å². The Labute approximate surface area is 73.2 Å². The summed E-state index contributed by atoms with van der Waals surface area (Å²) in [5.41, 5.74) is 0.719. The van der Waals surface area contributed by atoms with Gasteiger partial charge in [0.1, 0.15) is 24.2 Å². The largest absolute Gasteiger partial charge is 0.267 e. The van der Waals surface area contributed by atoms with Crippen molar-refractivity contribution in [2.24, 2.45) is 9.39 Å². The van der Waals surface area contributed by atoms with Crippen LogP contribution in [0.3, 0.4) is 0 Å². The molecule has 0 fully saturated rings. The molecule has 5 nitrogen and oxygen atoms in total. The molecule has 0 radical (unpaired) electrons. The van der Waals surface area contributed by atoms with Gasteiger partial charge in [-0.05, 0) is 11.9 Å². The Hall–Kier alpha value is -1.30. The Morgan fingerprint density at radius 3 is 2.75 bits per heavy atom. The monoisotopic (exact) mass is 179 g/mol. The summed E-state index contributed by atoms with van der Waals surface area (Å²) in [6.45, 7) is 0. The number of rotatable bonds is 1. The van der Waals surface area contributed by atoms with Crippen LogP contribution in [-0.4, -0.2) is 32.8 Å². The van der Waals surface area contributed by atoms with E-state index in [9.17, 15) is 0 Å². The summed E-state index contributed by atoms with van der Waals surface area (Å²) in [6, 6.07) is 0. The van der Waals surface area contributed by atoms with Crippen molar-refractivity contribution in [2.45, 2.75) is 0 Å². The molecule has 60 valence electrons. The molecule has 0 amide bonds. The van der Waals surface area contributed by atoms with Gasteiger partial charge >= 0.3 is 0 Å². The van der Waals surface area contributed by atoms with Gasteiger partial charge in [-0.1, -0.05) is 0 Å². The van der Waals surface area contributed by atoms with Crippen molar-refractivity contribution in [3.05, 3.63) is 18.5 Å². The minimum Gasteiger partial charge on any atom is -0.267 e. The van der Waals surface area contributed by atoms with Crippen LogP contribution in [0.15, 0.2) is 22.0 Å². The average Bonchev–Trinajstić information content (AvgIpc) is 2.21. The van der Waals surface area contributed by atoms with E-state index in [-0.39, 0.29) is 0 Å². The molecule has 0 atom stereocenters. The predicted octanol–water partition coefficient (Wildman–Crippen LogP) is 0.351. The minimum absolute atomic E-state index is 0.578. The number of nitrogens with zero attached hydrogens (tertiary/aromatic N) is 5. The van der Waals surface area contributed by atoms with Crippen molar-refractivity contribution in [2.75, 3.05) is 5.88 Å². The summed E-state index contributed by atoms with van der Waals surface area (Å²) in [6.07, 6.45) is 4.55. The van der Waals surface area contributed by atoms with Crippen molar-refractivity contribution in [3.8, 4) is 0 Å². The third-order valence-corrected chi connectivity index (χ3v) is 1.76. The zero-order chi connectivity index (χ0) is 8.23. The van der Waals surface area contributed by atoms with Crippen molar-refractivity contribution in [3.63, 3.8) is 0 Å². The number of aromatic nitrogens is 3. The lowest BCUT2D eigenvalue weighted by Gasteiger charge is -2.01. The first-order chi connectivity index (χ1) is 5.97. The summed E-state index contributed by atoms with van der Waals surface area (Å²) in [5.74, 6) is 1.21. The molecule has 1 aliphatic rings. The quantitative estimate of drug-likeness (QED) is 0.583. The zero-order valence-electron chi connectivity index (χ0n) is 6.08. The molecule has 0 unspecified atom stereocenters. The van der Waals surface area contributed by atoms with E-state index >= 15 is 0 Å². The molecule has 0 saturated carbocycles. The lowest BCUT2D eigenvalue weighted by Crippen LogP contribution is -2.10. The van der Waals surface area contributed by atoms with Crippen LogP contribution in [0.4, 0.5) is 0 Å². The van der Waals surface area contributed by atoms with E-state index in [1.165, 1.54) is 24.6 Å². The van der Waals surface area contributed by atoms with Crippen LogP contribution in [0.2, 0.25) is 0 Å². The number of hydrogen-bond acceptors (Lipinski definition) is 6. The standard InChI is InChI=1S/C6H5N5S/c1-5(10-4-12-11-1)6-8-2-7-3-9-6/h1-3H,4H2. The van der Waals surface area contributed by atoms with Gasteiger partial charge in [0, 0.05) is 0 Å². The first-order valence-electron chi connectivity index (χ1n) is 3.29. The first-order valence-corrected chi connectivity index (χ1v) is 4.23. The van der Waals surface area contributed by atoms with E-state index in [2.05, 4.69) is 24.3 Å². The molecule has 0 saturated heterocycles. The topological polar surface area (TPSA) is 63.4 Å². The molecule has 6 heteroatoms. The van der Waals surface area contributed by atoms with Crippen LogP contribution in [-0.2, 0) is 0 Å². The van der Waals surface area contributed by atoms with E-state index in [1.54, 1.807) is 6.21 Å². The molecule has 0 bridgehead atoms. The second-order valence-electron chi connectivity index (χ2n) is 2.00. The van der Waals surface area contributed by atoms with Gasteiger partial charge in [0.25, 0.3) is 0 Å². The highest BCUT2D eigenvalue weighted by Crippen LogP contribution is 2.07. The summed E-state index contributed by atoms with van der Waals surface area (Å²) >= 11 is 1.40. The molecular weight excluding hydrogens is 174 g/mol. The molecule has 12 heavy (non-hydrogen) atoms. The average molecular weight is 179 g/mol. The van der Waals surface area contributed by atoms with Gasteiger partial charge in [-0.3, -0.25) is 4.99 Å². The van der Waals surface area contributed by atoms with E-state index < -0.39 is 0 Å². The third kappa shape index (κ3) is 1.48. The minimum atomic E-state index is 0.578. The molecule has 1 aliphatic heterocycles. The molecule has 0 N–H and O–H groups in total. The van der Waals surface area contributed by atoms with Gasteiger partial charge in [0.05, 0.1) is 6.21 Å². The molecular formula is C6H5N5S. The lowest BCUT2D eigenvalue weighted by molar-refractivity contribution is 1.03. The Morgan fingerprint density at radius 1 is 1.25 bits per heavy atom. The van der Waals surface area contributed by atoms with Gasteiger partial charge in [-0.15, -0.1) is 0 Å². The smallest absolute Gasteiger partial charge is 0.182 e. The fraction of sp³-hybridized carbons (Fsp3) is 0.167. The maximum Gasteiger partial charge on any atom is 0.182 e. The van der Waals surface area contributed by atoms with Crippen LogP contribution in [0, 0.1) is 0 Å². The maximum atomic E-state index is 4.18. The molecule has 0 spiro atoms. The van der Waals surface area contributed by atoms with Gasteiger partial charge in [0.2, 0.25) is 0 Å². The van der Waals surface area contributed by atoms with Crippen LogP contribution in [0.5, 0.6) is 0 Å². The maximum absolute atomic E-state index is 4.18. The summed E-state index contributed by atoms with van der Waals surface area (Å²) in [5, 5.41) is 0. The van der Waals surface area contributed by atoms with E-state index in [4.69, 9.17) is 0 Å². The fourth-order valence-electron chi connectivity index (χ4n) is 0.760. The SMILES string of the molecule is C1=NSCN=C1c1ncncn1. The van der Waals surface area contributed by atoms with Crippen LogP contribution in [0.1, 0.15) is 5.82 Å². The van der Waals surface area contributed by atoms with E-state index in [1.807, 2.05) is 0 Å². The highest BCUT2D eigenvalue weighted by molar-refractivity contribution is 7.98. The van der Waals surface area contributed by atoms with Crippen LogP contribution < -0.4 is 0 Å². The van der Waals surface area contributed by atoms with Gasteiger partial charge in [0.15, 0.2) is 5.82 Å². The van der Waals surface area contributed by atoms with E-state index in [0.717, 1.165) is 5.71 Å². The van der Waals surface area contributed by atoms with Crippen molar-refractivity contribution in [1.82, 2.24) is 15.0 Å². The highest BCUT2D eigenvalue weighted by Gasteiger charge is 2.05. The van der Waals surface area contributed by atoms with Crippen molar-refractivity contribution in [1.29, 1.82) is 0 Å². The Kier molecular flexibility index (Phi) is 2.08. The Balaban J connectivity index is 2.31. The zero-order valence-corrected chi connectivity index (χ0v) is 6.90. The summed E-state index contributed by atoms with van der Waals surface area (Å²) in [7, 11) is 0. The first kappa shape index (κ1) is 7.35. The van der Waals surface area contributed by atoms with Gasteiger partial charge in [-0.25, -0.2) is 19.3 Å². The highest BCUT2D eigenvalue weighted by atomic mass is 32.2. The third-order valence-electron chi connectivity index (χ3n) is 1.26. The predicted molar refractivity (Wildman–Crippen MR) is 47.3 cm³/mol. The van der Waals surface area contributed by atoms with Crippen molar-refractivity contribution >= 4 is 23.9 Å². The number of hydrogen-bond donors (Lipinski definition) is 0.